The molecule has 2 nitrogen and oxygen atoms in total. The molecule has 152 valence electrons. The molecule has 1 rings (SSSR count). The maximum Gasteiger partial charge on any atom is 0.224 e. The van der Waals surface area contributed by atoms with Crippen molar-refractivity contribution in [1.29, 1.82) is 0 Å². The molecule has 0 atom stereocenters. The average molecular weight is 380 g/mol. The molecule has 2 heteroatoms. The van der Waals surface area contributed by atoms with Crippen molar-refractivity contribution in [2.75, 3.05) is 5.32 Å². The number of para-hydroxylation sites is 1. The summed E-state index contributed by atoms with van der Waals surface area (Å²) in [5.74, 6) is 0.0853. The summed E-state index contributed by atoms with van der Waals surface area (Å²) in [4.78, 5) is 11.8. The molecule has 0 fully saturated rings. The Morgan fingerprint density at radius 1 is 0.750 bits per heavy atom. The first kappa shape index (κ1) is 23.7. The van der Waals surface area contributed by atoms with Crippen LogP contribution in [-0.2, 0) is 4.79 Å². The summed E-state index contributed by atoms with van der Waals surface area (Å²) in [5, 5.41) is 2.91. The maximum absolute atomic E-state index is 11.8. The molecule has 1 aromatic carbocycles. The second-order valence-corrected chi connectivity index (χ2v) is 6.89. The summed E-state index contributed by atoms with van der Waals surface area (Å²) in [5.41, 5.74) is 0.866. The summed E-state index contributed by atoms with van der Waals surface area (Å²) >= 11 is 0. The van der Waals surface area contributed by atoms with Crippen LogP contribution in [0.1, 0.15) is 71.1 Å². The Morgan fingerprint density at radius 2 is 1.29 bits per heavy atom. The lowest BCUT2D eigenvalue weighted by Crippen LogP contribution is -2.10. The van der Waals surface area contributed by atoms with E-state index in [0.29, 0.717) is 6.42 Å². The number of hydrogen-bond acceptors (Lipinski definition) is 1. The first-order valence-corrected chi connectivity index (χ1v) is 10.8. The van der Waals surface area contributed by atoms with Crippen molar-refractivity contribution in [1.82, 2.24) is 0 Å². The van der Waals surface area contributed by atoms with Crippen molar-refractivity contribution < 1.29 is 4.79 Å². The lowest BCUT2D eigenvalue weighted by atomic mass is 10.2. The summed E-state index contributed by atoms with van der Waals surface area (Å²) in [6, 6.07) is 9.61. The monoisotopic (exact) mass is 379 g/mol. The van der Waals surface area contributed by atoms with Gasteiger partial charge < -0.3 is 5.32 Å². The number of anilines is 1. The minimum absolute atomic E-state index is 0.0853. The van der Waals surface area contributed by atoms with Crippen molar-refractivity contribution in [3.8, 4) is 0 Å². The number of rotatable bonds is 15. The van der Waals surface area contributed by atoms with Crippen molar-refractivity contribution in [3.05, 3.63) is 78.9 Å². The van der Waals surface area contributed by atoms with E-state index in [1.807, 2.05) is 30.3 Å². The number of amides is 1. The molecule has 0 spiro atoms. The Bertz CT molecular complexity index is 611. The van der Waals surface area contributed by atoms with Crippen LogP contribution in [0, 0.1) is 0 Å². The summed E-state index contributed by atoms with van der Waals surface area (Å²) in [7, 11) is 0. The molecule has 0 bridgehead atoms. The van der Waals surface area contributed by atoms with Gasteiger partial charge in [0.2, 0.25) is 5.91 Å². The van der Waals surface area contributed by atoms with E-state index in [0.717, 1.165) is 37.8 Å². The van der Waals surface area contributed by atoms with Gasteiger partial charge in [0.15, 0.2) is 0 Å². The second-order valence-electron chi connectivity index (χ2n) is 6.89. The molecule has 0 aromatic heterocycles. The van der Waals surface area contributed by atoms with Gasteiger partial charge in [0.05, 0.1) is 0 Å². The fourth-order valence-electron chi connectivity index (χ4n) is 2.69. The Kier molecular flexibility index (Phi) is 15.3. The predicted molar refractivity (Wildman–Crippen MR) is 123 cm³/mol. The van der Waals surface area contributed by atoms with E-state index in [1.54, 1.807) is 0 Å². The molecule has 0 saturated carbocycles. The number of nitrogens with one attached hydrogen (secondary N) is 1. The molecule has 28 heavy (non-hydrogen) atoms. The van der Waals surface area contributed by atoms with Crippen LogP contribution in [-0.4, -0.2) is 5.91 Å². The topological polar surface area (TPSA) is 29.1 Å². The molecule has 0 aliphatic carbocycles. The Morgan fingerprint density at radius 3 is 1.86 bits per heavy atom. The predicted octanol–water partition coefficient (Wildman–Crippen LogP) is 7.77. The van der Waals surface area contributed by atoms with E-state index < -0.39 is 0 Å². The zero-order valence-electron chi connectivity index (χ0n) is 17.5. The maximum atomic E-state index is 11.8. The summed E-state index contributed by atoms with van der Waals surface area (Å²) < 4.78 is 0. The molecule has 0 unspecified atom stereocenters. The van der Waals surface area contributed by atoms with Crippen molar-refractivity contribution in [3.63, 3.8) is 0 Å². The van der Waals surface area contributed by atoms with Crippen molar-refractivity contribution in [2.24, 2.45) is 0 Å². The standard InChI is InChI=1S/C26H37NO/c1-2-3-4-5-6-7-8-9-10-11-12-13-14-15-16-17-21-24-26(28)27-25-22-19-18-20-23-25/h6-7,9-10,12-13,15-16,18-20,22-23H,2-5,8,11,14,17,21,24H2,1H3,(H,27,28)/b7-6-,10-9-,13-12-,16-15-. The van der Waals surface area contributed by atoms with Crippen LogP contribution in [0.5, 0.6) is 0 Å². The molecule has 0 aliphatic rings. The normalized spacial score (nSPS) is 12.0. The summed E-state index contributed by atoms with van der Waals surface area (Å²) in [6.45, 7) is 2.24. The number of allylic oxidation sites excluding steroid dienone is 8. The first-order chi connectivity index (χ1) is 13.8. The number of hydrogen-bond donors (Lipinski definition) is 1. The zero-order chi connectivity index (χ0) is 20.1. The van der Waals surface area contributed by atoms with Crippen LogP contribution in [0.15, 0.2) is 78.9 Å². The largest absolute Gasteiger partial charge is 0.326 e. The van der Waals surface area contributed by atoms with E-state index in [4.69, 9.17) is 0 Å². The molecule has 0 heterocycles. The van der Waals surface area contributed by atoms with E-state index >= 15 is 0 Å². The fourth-order valence-corrected chi connectivity index (χ4v) is 2.69. The molecule has 1 N–H and O–H groups in total. The molecular weight excluding hydrogens is 342 g/mol. The Hall–Kier alpha value is -2.35. The summed E-state index contributed by atoms with van der Waals surface area (Å²) in [6.07, 6.45) is 28.3. The number of carbonyl (C=O) groups is 1. The average Bonchev–Trinajstić information content (AvgIpc) is 2.71. The minimum atomic E-state index is 0.0853. The zero-order valence-corrected chi connectivity index (χ0v) is 17.5. The molecule has 1 aromatic rings. The van der Waals surface area contributed by atoms with Crippen LogP contribution in [0.3, 0.4) is 0 Å². The SMILES string of the molecule is CCCCC/C=C\C/C=C\C/C=C\C/C=C\CCCC(=O)Nc1ccccc1. The van der Waals surface area contributed by atoms with E-state index in [-0.39, 0.29) is 5.91 Å². The van der Waals surface area contributed by atoms with Crippen LogP contribution >= 0.6 is 0 Å². The van der Waals surface area contributed by atoms with E-state index in [9.17, 15) is 4.79 Å². The van der Waals surface area contributed by atoms with Gasteiger partial charge in [0, 0.05) is 12.1 Å². The van der Waals surface area contributed by atoms with Gasteiger partial charge in [-0.2, -0.15) is 0 Å². The van der Waals surface area contributed by atoms with E-state index in [2.05, 4.69) is 60.8 Å². The minimum Gasteiger partial charge on any atom is -0.326 e. The molecule has 0 saturated heterocycles. The Balaban J connectivity index is 1.95. The van der Waals surface area contributed by atoms with Crippen LogP contribution < -0.4 is 5.32 Å². The third kappa shape index (κ3) is 14.8. The van der Waals surface area contributed by atoms with Gasteiger partial charge in [0.1, 0.15) is 0 Å². The quantitative estimate of drug-likeness (QED) is 0.245. The van der Waals surface area contributed by atoms with Gasteiger partial charge in [-0.1, -0.05) is 86.6 Å². The van der Waals surface area contributed by atoms with Crippen molar-refractivity contribution in [2.45, 2.75) is 71.1 Å². The van der Waals surface area contributed by atoms with Gasteiger partial charge >= 0.3 is 0 Å². The number of benzene rings is 1. The highest BCUT2D eigenvalue weighted by Gasteiger charge is 2.00. The Labute approximate surface area is 172 Å². The van der Waals surface area contributed by atoms with Gasteiger partial charge in [-0.05, 0) is 57.1 Å². The highest BCUT2D eigenvalue weighted by atomic mass is 16.1. The van der Waals surface area contributed by atoms with Crippen molar-refractivity contribution >= 4 is 11.6 Å². The van der Waals surface area contributed by atoms with Gasteiger partial charge in [-0.15, -0.1) is 0 Å². The smallest absolute Gasteiger partial charge is 0.224 e. The lowest BCUT2D eigenvalue weighted by Gasteiger charge is -2.03. The molecule has 1 amide bonds. The highest BCUT2D eigenvalue weighted by molar-refractivity contribution is 5.90. The van der Waals surface area contributed by atoms with Crippen LogP contribution in [0.25, 0.3) is 0 Å². The molecule has 0 radical (unpaired) electrons. The number of unbranched alkanes of at least 4 members (excludes halogenated alkanes) is 4. The fraction of sp³-hybridized carbons (Fsp3) is 0.423. The highest BCUT2D eigenvalue weighted by Crippen LogP contribution is 2.07. The first-order valence-electron chi connectivity index (χ1n) is 10.8. The lowest BCUT2D eigenvalue weighted by molar-refractivity contribution is -0.116. The second kappa shape index (κ2) is 18.0. The third-order valence-corrected chi connectivity index (χ3v) is 4.29. The molecular formula is C26H37NO. The van der Waals surface area contributed by atoms with Gasteiger partial charge in [0.25, 0.3) is 0 Å². The molecule has 0 aliphatic heterocycles. The number of carbonyl (C=O) groups excluding carboxylic acids is 1. The van der Waals surface area contributed by atoms with Gasteiger partial charge in [-0.25, -0.2) is 0 Å². The third-order valence-electron chi connectivity index (χ3n) is 4.29. The van der Waals surface area contributed by atoms with E-state index in [1.165, 1.54) is 25.7 Å². The van der Waals surface area contributed by atoms with Crippen LogP contribution in [0.2, 0.25) is 0 Å². The van der Waals surface area contributed by atoms with Crippen LogP contribution in [0.4, 0.5) is 5.69 Å². The van der Waals surface area contributed by atoms with Gasteiger partial charge in [-0.3, -0.25) is 4.79 Å².